The molecule has 2 aliphatic heterocycles. The molecule has 2 aliphatic rings. The minimum atomic E-state index is -0.918. The van der Waals surface area contributed by atoms with Crippen molar-refractivity contribution < 1.29 is 23.9 Å². The molecule has 0 radical (unpaired) electrons. The van der Waals surface area contributed by atoms with E-state index >= 15 is 0 Å². The molecule has 122 valence electrons. The molecule has 0 bridgehead atoms. The standard InChI is InChI=1S/C15H16FN3O4/c16-10-3-1-9(2-4-10)14(22)18-5-6-19-12(7-18)13(21)17-11(8-20)15(19)23/h1-4,11-12,20H,5-8H2,(H,17,21)/t11-,12+/m0/s1. The Balaban J connectivity index is 1.75. The van der Waals surface area contributed by atoms with Crippen molar-refractivity contribution >= 4 is 17.7 Å². The summed E-state index contributed by atoms with van der Waals surface area (Å²) in [6, 6.07) is 3.50. The Bertz CT molecular complexity index is 649. The van der Waals surface area contributed by atoms with E-state index in [2.05, 4.69) is 5.32 Å². The van der Waals surface area contributed by atoms with E-state index in [0.717, 1.165) is 0 Å². The van der Waals surface area contributed by atoms with Gasteiger partial charge in [-0.3, -0.25) is 14.4 Å². The minimum absolute atomic E-state index is 0.0753. The van der Waals surface area contributed by atoms with E-state index in [1.165, 1.54) is 34.1 Å². The number of nitrogens with one attached hydrogen (secondary N) is 1. The van der Waals surface area contributed by atoms with Crippen LogP contribution >= 0.6 is 0 Å². The zero-order valence-corrected chi connectivity index (χ0v) is 12.2. The number of hydrogen-bond acceptors (Lipinski definition) is 4. The summed E-state index contributed by atoms with van der Waals surface area (Å²) in [5.74, 6) is -1.47. The van der Waals surface area contributed by atoms with Gasteiger partial charge in [0.25, 0.3) is 5.91 Å². The third-order valence-electron chi connectivity index (χ3n) is 4.14. The fourth-order valence-electron chi connectivity index (χ4n) is 2.88. The summed E-state index contributed by atoms with van der Waals surface area (Å²) in [4.78, 5) is 39.5. The zero-order chi connectivity index (χ0) is 16.6. The molecule has 2 heterocycles. The fourth-order valence-corrected chi connectivity index (χ4v) is 2.88. The van der Waals surface area contributed by atoms with Crippen LogP contribution in [0.3, 0.4) is 0 Å². The molecule has 2 atom stereocenters. The molecule has 2 fully saturated rings. The van der Waals surface area contributed by atoms with Crippen LogP contribution in [0.2, 0.25) is 0 Å². The third kappa shape index (κ3) is 2.77. The third-order valence-corrected chi connectivity index (χ3v) is 4.14. The second kappa shape index (κ2) is 5.96. The van der Waals surface area contributed by atoms with Crippen molar-refractivity contribution in [2.75, 3.05) is 26.2 Å². The molecule has 1 aromatic carbocycles. The number of carbonyl (C=O) groups excluding carboxylic acids is 3. The summed E-state index contributed by atoms with van der Waals surface area (Å²) >= 11 is 0. The monoisotopic (exact) mass is 321 g/mol. The van der Waals surface area contributed by atoms with Gasteiger partial charge in [0.15, 0.2) is 0 Å². The molecule has 0 unspecified atom stereocenters. The molecule has 1 aromatic rings. The average Bonchev–Trinajstić information content (AvgIpc) is 2.57. The molecule has 0 spiro atoms. The molecule has 23 heavy (non-hydrogen) atoms. The molecule has 0 saturated carbocycles. The Morgan fingerprint density at radius 3 is 2.61 bits per heavy atom. The predicted molar refractivity (Wildman–Crippen MR) is 76.8 cm³/mol. The van der Waals surface area contributed by atoms with Crippen LogP contribution in [-0.2, 0) is 9.59 Å². The number of amides is 3. The maximum absolute atomic E-state index is 12.9. The Labute approximate surface area is 131 Å². The predicted octanol–water partition coefficient (Wildman–Crippen LogP) is -1.03. The first-order valence-corrected chi connectivity index (χ1v) is 7.28. The normalized spacial score (nSPS) is 24.3. The van der Waals surface area contributed by atoms with Crippen LogP contribution in [0.5, 0.6) is 0 Å². The molecule has 3 rings (SSSR count). The van der Waals surface area contributed by atoms with E-state index in [1.54, 1.807) is 0 Å². The number of nitrogens with zero attached hydrogens (tertiary/aromatic N) is 2. The lowest BCUT2D eigenvalue weighted by molar-refractivity contribution is -0.153. The number of halogens is 1. The Morgan fingerprint density at radius 2 is 1.96 bits per heavy atom. The van der Waals surface area contributed by atoms with Gasteiger partial charge in [0, 0.05) is 18.7 Å². The van der Waals surface area contributed by atoms with Gasteiger partial charge >= 0.3 is 0 Å². The van der Waals surface area contributed by atoms with Crippen molar-refractivity contribution in [2.24, 2.45) is 0 Å². The van der Waals surface area contributed by atoms with Gasteiger partial charge in [-0.05, 0) is 24.3 Å². The number of carbonyl (C=O) groups is 3. The van der Waals surface area contributed by atoms with Gasteiger partial charge in [0.05, 0.1) is 13.2 Å². The van der Waals surface area contributed by atoms with Crippen molar-refractivity contribution in [2.45, 2.75) is 12.1 Å². The SMILES string of the molecule is O=C1N[C@@H](CO)C(=O)N2CCN(C(=O)c3ccc(F)cc3)C[C@H]12. The fraction of sp³-hybridized carbons (Fsp3) is 0.400. The van der Waals surface area contributed by atoms with Gasteiger partial charge in [-0.1, -0.05) is 0 Å². The summed E-state index contributed by atoms with van der Waals surface area (Å²) < 4.78 is 12.9. The van der Waals surface area contributed by atoms with Gasteiger partial charge in [-0.15, -0.1) is 0 Å². The largest absolute Gasteiger partial charge is 0.394 e. The van der Waals surface area contributed by atoms with Crippen molar-refractivity contribution in [1.82, 2.24) is 15.1 Å². The topological polar surface area (TPSA) is 89.9 Å². The minimum Gasteiger partial charge on any atom is -0.394 e. The van der Waals surface area contributed by atoms with Crippen LogP contribution in [-0.4, -0.2) is 71.0 Å². The first-order valence-electron chi connectivity index (χ1n) is 7.28. The molecule has 2 N–H and O–H groups in total. The molecular formula is C15H16FN3O4. The first kappa shape index (κ1) is 15.4. The van der Waals surface area contributed by atoms with Gasteiger partial charge in [-0.2, -0.15) is 0 Å². The van der Waals surface area contributed by atoms with Gasteiger partial charge < -0.3 is 20.2 Å². The summed E-state index contributed by atoms with van der Waals surface area (Å²) in [5, 5.41) is 11.6. The number of fused-ring (bicyclic) bond motifs is 1. The summed E-state index contributed by atoms with van der Waals surface area (Å²) in [6.07, 6.45) is 0. The number of benzene rings is 1. The highest BCUT2D eigenvalue weighted by Gasteiger charge is 2.44. The molecular weight excluding hydrogens is 305 g/mol. The molecule has 3 amide bonds. The lowest BCUT2D eigenvalue weighted by atomic mass is 10.0. The number of piperazine rings is 2. The molecule has 8 heteroatoms. The van der Waals surface area contributed by atoms with Crippen molar-refractivity contribution in [3.8, 4) is 0 Å². The highest BCUT2D eigenvalue weighted by atomic mass is 19.1. The van der Waals surface area contributed by atoms with E-state index in [4.69, 9.17) is 5.11 Å². The van der Waals surface area contributed by atoms with Crippen LogP contribution in [0.25, 0.3) is 0 Å². The summed E-state index contributed by atoms with van der Waals surface area (Å²) in [5.41, 5.74) is 0.329. The second-order valence-corrected chi connectivity index (χ2v) is 5.55. The quantitative estimate of drug-likeness (QED) is 0.729. The van der Waals surface area contributed by atoms with Gasteiger partial charge in [0.1, 0.15) is 17.9 Å². The first-order chi connectivity index (χ1) is 11.0. The van der Waals surface area contributed by atoms with Crippen molar-refractivity contribution in [3.63, 3.8) is 0 Å². The maximum atomic E-state index is 12.9. The molecule has 2 saturated heterocycles. The van der Waals surface area contributed by atoms with Gasteiger partial charge in [-0.25, -0.2) is 4.39 Å². The van der Waals surface area contributed by atoms with E-state index < -0.39 is 24.5 Å². The lowest BCUT2D eigenvalue weighted by Crippen LogP contribution is -2.70. The van der Waals surface area contributed by atoms with Crippen LogP contribution in [0.1, 0.15) is 10.4 Å². The van der Waals surface area contributed by atoms with Crippen LogP contribution < -0.4 is 5.32 Å². The van der Waals surface area contributed by atoms with Crippen LogP contribution in [0.4, 0.5) is 4.39 Å². The van der Waals surface area contributed by atoms with Crippen LogP contribution in [0, 0.1) is 5.82 Å². The molecule has 7 nitrogen and oxygen atoms in total. The van der Waals surface area contributed by atoms with E-state index in [9.17, 15) is 18.8 Å². The van der Waals surface area contributed by atoms with E-state index in [-0.39, 0.29) is 37.4 Å². The number of aliphatic hydroxyl groups is 1. The molecule has 0 aliphatic carbocycles. The van der Waals surface area contributed by atoms with Crippen molar-refractivity contribution in [1.29, 1.82) is 0 Å². The lowest BCUT2D eigenvalue weighted by Gasteiger charge is -2.44. The van der Waals surface area contributed by atoms with Crippen LogP contribution in [0.15, 0.2) is 24.3 Å². The highest BCUT2D eigenvalue weighted by molar-refractivity contribution is 5.99. The molecule has 0 aromatic heterocycles. The highest BCUT2D eigenvalue weighted by Crippen LogP contribution is 2.18. The zero-order valence-electron chi connectivity index (χ0n) is 12.2. The Morgan fingerprint density at radius 1 is 1.26 bits per heavy atom. The maximum Gasteiger partial charge on any atom is 0.254 e. The second-order valence-electron chi connectivity index (χ2n) is 5.55. The number of rotatable bonds is 2. The Kier molecular flexibility index (Phi) is 3.99. The van der Waals surface area contributed by atoms with E-state index in [0.29, 0.717) is 5.56 Å². The number of hydrogen-bond donors (Lipinski definition) is 2. The summed E-state index contributed by atoms with van der Waals surface area (Å²) in [7, 11) is 0. The summed E-state index contributed by atoms with van der Waals surface area (Å²) in [6.45, 7) is 0.127. The smallest absolute Gasteiger partial charge is 0.254 e. The van der Waals surface area contributed by atoms with Gasteiger partial charge in [0.2, 0.25) is 11.8 Å². The Hall–Kier alpha value is -2.48. The van der Waals surface area contributed by atoms with Crippen molar-refractivity contribution in [3.05, 3.63) is 35.6 Å². The van der Waals surface area contributed by atoms with E-state index in [1.807, 2.05) is 0 Å². The average molecular weight is 321 g/mol. The number of aliphatic hydroxyl groups excluding tert-OH is 1.